The number of amides is 1. The summed E-state index contributed by atoms with van der Waals surface area (Å²) < 4.78 is 1.96. The number of nitrogens with one attached hydrogen (secondary N) is 2. The van der Waals surface area contributed by atoms with Crippen molar-refractivity contribution in [2.24, 2.45) is 11.8 Å². The number of carbonyl (C=O) groups excluding carboxylic acids is 1. The van der Waals surface area contributed by atoms with E-state index in [0.29, 0.717) is 5.92 Å². The maximum absolute atomic E-state index is 12.4. The summed E-state index contributed by atoms with van der Waals surface area (Å²) in [4.78, 5) is 12.4. The van der Waals surface area contributed by atoms with Crippen LogP contribution in [0.15, 0.2) is 30.6 Å². The van der Waals surface area contributed by atoms with Crippen LogP contribution in [-0.2, 0) is 11.3 Å². The Labute approximate surface area is 129 Å². The minimum Gasteiger partial charge on any atom is -0.325 e. The average molecular weight is 299 g/mol. The number of hydrogen-bond donors (Lipinski definition) is 2. The van der Waals surface area contributed by atoms with Crippen LogP contribution in [0.4, 0.5) is 5.69 Å². The number of aryl methyl sites for hydroxylation is 1. The maximum atomic E-state index is 12.4. The standard InChI is InChI=1S/C16H21N5O/c1-3-21-10-18-20-15(21)13-6-4-5-7-14(13)19-16(22)11(2)12-8-17-9-12/h4-7,10-12,17H,3,8-9H2,1-2H3,(H,19,22). The van der Waals surface area contributed by atoms with E-state index < -0.39 is 0 Å². The monoisotopic (exact) mass is 299 g/mol. The maximum Gasteiger partial charge on any atom is 0.227 e. The normalized spacial score (nSPS) is 16.1. The molecule has 116 valence electrons. The lowest BCUT2D eigenvalue weighted by Gasteiger charge is -2.31. The highest BCUT2D eigenvalue weighted by atomic mass is 16.1. The largest absolute Gasteiger partial charge is 0.325 e. The Morgan fingerprint density at radius 2 is 2.23 bits per heavy atom. The van der Waals surface area contributed by atoms with Crippen LogP contribution in [0.1, 0.15) is 13.8 Å². The van der Waals surface area contributed by atoms with Gasteiger partial charge in [-0.3, -0.25) is 4.79 Å². The Kier molecular flexibility index (Phi) is 4.20. The summed E-state index contributed by atoms with van der Waals surface area (Å²) in [5.74, 6) is 1.25. The van der Waals surface area contributed by atoms with Crippen molar-refractivity contribution in [2.75, 3.05) is 18.4 Å². The lowest BCUT2D eigenvalue weighted by molar-refractivity contribution is -0.121. The second-order valence-electron chi connectivity index (χ2n) is 5.68. The molecule has 6 heteroatoms. The first-order valence-electron chi connectivity index (χ1n) is 7.69. The van der Waals surface area contributed by atoms with Crippen molar-refractivity contribution < 1.29 is 4.79 Å². The van der Waals surface area contributed by atoms with Crippen LogP contribution >= 0.6 is 0 Å². The summed E-state index contributed by atoms with van der Waals surface area (Å²) in [7, 11) is 0. The molecule has 0 bridgehead atoms. The van der Waals surface area contributed by atoms with Gasteiger partial charge >= 0.3 is 0 Å². The van der Waals surface area contributed by atoms with E-state index in [-0.39, 0.29) is 11.8 Å². The van der Waals surface area contributed by atoms with Crippen LogP contribution in [-0.4, -0.2) is 33.8 Å². The molecular weight excluding hydrogens is 278 g/mol. The van der Waals surface area contributed by atoms with Crippen LogP contribution in [0.25, 0.3) is 11.4 Å². The third kappa shape index (κ3) is 2.74. The van der Waals surface area contributed by atoms with Crippen molar-refractivity contribution in [3.63, 3.8) is 0 Å². The minimum absolute atomic E-state index is 0.00153. The molecule has 6 nitrogen and oxygen atoms in total. The molecule has 3 rings (SSSR count). The molecule has 1 aliphatic rings. The van der Waals surface area contributed by atoms with Crippen LogP contribution in [0.3, 0.4) is 0 Å². The van der Waals surface area contributed by atoms with Gasteiger partial charge < -0.3 is 15.2 Å². The molecule has 0 aliphatic carbocycles. The smallest absolute Gasteiger partial charge is 0.227 e. The fourth-order valence-corrected chi connectivity index (χ4v) is 2.61. The summed E-state index contributed by atoms with van der Waals surface area (Å²) in [5.41, 5.74) is 1.68. The van der Waals surface area contributed by atoms with Gasteiger partial charge in [-0.15, -0.1) is 10.2 Å². The van der Waals surface area contributed by atoms with Gasteiger partial charge in [-0.25, -0.2) is 0 Å². The molecule has 1 amide bonds. The van der Waals surface area contributed by atoms with Gasteiger partial charge in [0.2, 0.25) is 5.91 Å². The molecule has 0 spiro atoms. The van der Waals surface area contributed by atoms with Crippen molar-refractivity contribution in [3.8, 4) is 11.4 Å². The SMILES string of the molecule is CCn1cnnc1-c1ccccc1NC(=O)C(C)C1CNC1. The Morgan fingerprint density at radius 3 is 2.91 bits per heavy atom. The van der Waals surface area contributed by atoms with Crippen LogP contribution in [0.5, 0.6) is 0 Å². The highest BCUT2D eigenvalue weighted by molar-refractivity contribution is 5.96. The van der Waals surface area contributed by atoms with E-state index in [0.717, 1.165) is 36.7 Å². The Hall–Kier alpha value is -2.21. The van der Waals surface area contributed by atoms with Gasteiger partial charge in [0.05, 0.1) is 5.69 Å². The molecule has 22 heavy (non-hydrogen) atoms. The van der Waals surface area contributed by atoms with Crippen LogP contribution in [0.2, 0.25) is 0 Å². The lowest BCUT2D eigenvalue weighted by Crippen LogP contribution is -2.48. The minimum atomic E-state index is -0.00153. The quantitative estimate of drug-likeness (QED) is 0.882. The average Bonchev–Trinajstić information content (AvgIpc) is 2.94. The molecular formula is C16H21N5O. The van der Waals surface area contributed by atoms with Crippen molar-refractivity contribution in [1.29, 1.82) is 0 Å². The third-order valence-electron chi connectivity index (χ3n) is 4.32. The number of para-hydroxylation sites is 1. The van der Waals surface area contributed by atoms with E-state index in [9.17, 15) is 4.79 Å². The molecule has 1 aromatic carbocycles. The summed E-state index contributed by atoms with van der Waals surface area (Å²) in [6.07, 6.45) is 1.70. The van der Waals surface area contributed by atoms with Gasteiger partial charge in [0.15, 0.2) is 5.82 Å². The highest BCUT2D eigenvalue weighted by Gasteiger charge is 2.29. The lowest BCUT2D eigenvalue weighted by atomic mass is 9.88. The van der Waals surface area contributed by atoms with E-state index in [1.807, 2.05) is 42.7 Å². The number of benzene rings is 1. The first-order valence-corrected chi connectivity index (χ1v) is 7.69. The summed E-state index contributed by atoms with van der Waals surface area (Å²) in [6, 6.07) is 7.73. The molecule has 0 saturated carbocycles. The third-order valence-corrected chi connectivity index (χ3v) is 4.32. The van der Waals surface area contributed by atoms with Crippen molar-refractivity contribution in [3.05, 3.63) is 30.6 Å². The van der Waals surface area contributed by atoms with Crippen LogP contribution in [0, 0.1) is 11.8 Å². The number of rotatable bonds is 5. The van der Waals surface area contributed by atoms with E-state index in [4.69, 9.17) is 0 Å². The highest BCUT2D eigenvalue weighted by Crippen LogP contribution is 2.27. The van der Waals surface area contributed by atoms with Crippen molar-refractivity contribution >= 4 is 11.6 Å². The molecule has 1 aromatic heterocycles. The molecule has 1 atom stereocenters. The first kappa shape index (κ1) is 14.7. The second-order valence-corrected chi connectivity index (χ2v) is 5.68. The topological polar surface area (TPSA) is 71.8 Å². The zero-order valence-corrected chi connectivity index (χ0v) is 12.9. The Morgan fingerprint density at radius 1 is 1.45 bits per heavy atom. The Bertz CT molecular complexity index is 662. The van der Waals surface area contributed by atoms with Gasteiger partial charge in [-0.1, -0.05) is 19.1 Å². The van der Waals surface area contributed by atoms with Crippen molar-refractivity contribution in [2.45, 2.75) is 20.4 Å². The van der Waals surface area contributed by atoms with Gasteiger partial charge in [-0.05, 0) is 38.1 Å². The molecule has 1 aliphatic heterocycles. The van der Waals surface area contributed by atoms with Gasteiger partial charge in [0, 0.05) is 18.0 Å². The fourth-order valence-electron chi connectivity index (χ4n) is 2.61. The van der Waals surface area contributed by atoms with Gasteiger partial charge in [-0.2, -0.15) is 0 Å². The number of nitrogens with zero attached hydrogens (tertiary/aromatic N) is 3. The number of carbonyl (C=O) groups is 1. The van der Waals surface area contributed by atoms with E-state index in [2.05, 4.69) is 20.8 Å². The Balaban J connectivity index is 1.84. The van der Waals surface area contributed by atoms with Crippen molar-refractivity contribution in [1.82, 2.24) is 20.1 Å². The number of aromatic nitrogens is 3. The van der Waals surface area contributed by atoms with Crippen LogP contribution < -0.4 is 10.6 Å². The predicted molar refractivity (Wildman–Crippen MR) is 85.3 cm³/mol. The molecule has 1 fully saturated rings. The zero-order valence-electron chi connectivity index (χ0n) is 12.9. The zero-order chi connectivity index (χ0) is 15.5. The molecule has 1 saturated heterocycles. The summed E-state index contributed by atoms with van der Waals surface area (Å²) in [6.45, 7) is 6.65. The molecule has 2 aromatic rings. The number of anilines is 1. The first-order chi connectivity index (χ1) is 10.7. The fraction of sp³-hybridized carbons (Fsp3) is 0.438. The van der Waals surface area contributed by atoms with E-state index in [1.165, 1.54) is 0 Å². The second kappa shape index (κ2) is 6.27. The molecule has 2 heterocycles. The molecule has 0 radical (unpaired) electrons. The van der Waals surface area contributed by atoms with Gasteiger partial charge in [0.25, 0.3) is 0 Å². The van der Waals surface area contributed by atoms with E-state index in [1.54, 1.807) is 6.33 Å². The predicted octanol–water partition coefficient (Wildman–Crippen LogP) is 1.76. The van der Waals surface area contributed by atoms with E-state index >= 15 is 0 Å². The summed E-state index contributed by atoms with van der Waals surface area (Å²) >= 11 is 0. The van der Waals surface area contributed by atoms with Gasteiger partial charge in [0.1, 0.15) is 6.33 Å². The summed E-state index contributed by atoms with van der Waals surface area (Å²) in [5, 5.41) is 14.4. The number of hydrogen-bond acceptors (Lipinski definition) is 4. The molecule has 1 unspecified atom stereocenters. The molecule has 2 N–H and O–H groups in total.